The SMILES string of the molecule is CO[Si](CCC1CCC2OC2C1)(OC)O[Si](CCC1CCC2OC2C1)(OC)O[Si]1(CCC2CCC3OC3C2)O[SiH](CCC2CCC3OC3C2)O[Si](CCC2CCC3OC3C2)(OC)O1. The van der Waals surface area contributed by atoms with Gasteiger partial charge in [-0.25, -0.2) is 0 Å². The maximum atomic E-state index is 7.92. The lowest BCUT2D eigenvalue weighted by molar-refractivity contribution is 0.0567. The molecule has 0 spiro atoms. The quantitative estimate of drug-likeness (QED) is 0.0739. The number of hydrogen-bond acceptors (Lipinski definition) is 14. The molecule has 14 nitrogen and oxygen atoms in total. The number of hydrogen-bond donors (Lipinski definition) is 0. The van der Waals surface area contributed by atoms with Gasteiger partial charge in [0, 0.05) is 52.6 Å². The summed E-state index contributed by atoms with van der Waals surface area (Å²) in [6, 6.07) is 3.68. The van der Waals surface area contributed by atoms with E-state index in [9.17, 15) is 0 Å². The van der Waals surface area contributed by atoms with E-state index in [4.69, 9.17) is 62.0 Å². The molecule has 6 aliphatic heterocycles. The molecule has 19 atom stereocenters. The van der Waals surface area contributed by atoms with Crippen LogP contribution in [0.15, 0.2) is 0 Å². The van der Waals surface area contributed by atoms with Crippen LogP contribution in [-0.4, -0.2) is 134 Å². The van der Waals surface area contributed by atoms with Crippen LogP contribution < -0.4 is 0 Å². The Labute approximate surface area is 382 Å². The van der Waals surface area contributed by atoms with Crippen LogP contribution in [0.2, 0.25) is 30.2 Å². The second-order valence-electron chi connectivity index (χ2n) is 21.7. The molecule has 19 heteroatoms. The van der Waals surface area contributed by atoms with E-state index in [1.165, 1.54) is 25.7 Å². The van der Waals surface area contributed by atoms with Crippen molar-refractivity contribution in [2.45, 2.75) is 220 Å². The molecule has 63 heavy (non-hydrogen) atoms. The van der Waals surface area contributed by atoms with Gasteiger partial charge >= 0.3 is 44.5 Å². The normalized spacial score (nSPS) is 47.8. The summed E-state index contributed by atoms with van der Waals surface area (Å²) in [6.45, 7) is 0. The Bertz CT molecular complexity index is 1570. The lowest BCUT2D eigenvalue weighted by Crippen LogP contribution is -2.71. The average molecular weight is 972 g/mol. The van der Waals surface area contributed by atoms with E-state index in [0.29, 0.717) is 109 Å². The predicted molar refractivity (Wildman–Crippen MR) is 241 cm³/mol. The molecule has 19 unspecified atom stereocenters. The van der Waals surface area contributed by atoms with Crippen molar-refractivity contribution in [3.8, 4) is 0 Å². The Balaban J connectivity index is 0.896. The summed E-state index contributed by atoms with van der Waals surface area (Å²) in [7, 11) is -9.21. The minimum absolute atomic E-state index is 0.387. The molecule has 0 amide bonds. The summed E-state index contributed by atoms with van der Waals surface area (Å²) in [5.41, 5.74) is 0. The van der Waals surface area contributed by atoms with Crippen LogP contribution in [0.5, 0.6) is 0 Å². The molecule has 358 valence electrons. The van der Waals surface area contributed by atoms with E-state index in [0.717, 1.165) is 115 Å². The highest BCUT2D eigenvalue weighted by Gasteiger charge is 2.66. The van der Waals surface area contributed by atoms with Gasteiger partial charge in [0.25, 0.3) is 0 Å². The van der Waals surface area contributed by atoms with Gasteiger partial charge in [-0.1, -0.05) is 0 Å². The number of epoxide rings is 5. The fourth-order valence-corrected chi connectivity index (χ4v) is 36.8. The van der Waals surface area contributed by atoms with E-state index in [1.807, 2.05) is 7.11 Å². The Morgan fingerprint density at radius 3 is 1.24 bits per heavy atom. The van der Waals surface area contributed by atoms with Gasteiger partial charge < -0.3 is 62.0 Å². The third-order valence-electron chi connectivity index (χ3n) is 17.6. The third kappa shape index (κ3) is 11.0. The van der Waals surface area contributed by atoms with Crippen molar-refractivity contribution in [3.05, 3.63) is 0 Å². The molecule has 6 saturated heterocycles. The summed E-state index contributed by atoms with van der Waals surface area (Å²) in [6.07, 6.45) is 26.3. The monoisotopic (exact) mass is 970 g/mol. The molecule has 5 aliphatic carbocycles. The van der Waals surface area contributed by atoms with Gasteiger partial charge in [-0.05, 0) is 164 Å². The van der Waals surface area contributed by atoms with Crippen LogP contribution in [-0.2, 0) is 62.0 Å². The molecule has 0 aromatic heterocycles. The average Bonchev–Trinajstić information content (AvgIpc) is 4.08. The standard InChI is InChI=1S/C44H78O14Si5/c1-45-60(46-2,21-16-31-6-11-36-41(26-31)50-36)56-62(48-4,23-18-33-8-13-38-43(28-33)52-38)58-63(24-19-34-9-14-39-44(29-34)53-39)55-59(20-15-30-5-10-35-40(25-30)49-35)54-61(47-3,57-63)22-17-32-7-12-37-42(27-32)51-37/h30-44,59H,5-29H2,1-4H3. The maximum Gasteiger partial charge on any atom is 0.493 e. The maximum absolute atomic E-state index is 7.92. The van der Waals surface area contributed by atoms with Gasteiger partial charge in [0.05, 0.1) is 61.0 Å². The molecule has 6 heterocycles. The predicted octanol–water partition coefficient (Wildman–Crippen LogP) is 7.43. The first kappa shape index (κ1) is 45.9. The highest BCUT2D eigenvalue weighted by Crippen LogP contribution is 2.49. The van der Waals surface area contributed by atoms with Crippen LogP contribution in [0.3, 0.4) is 0 Å². The van der Waals surface area contributed by atoms with Crippen LogP contribution in [0, 0.1) is 29.6 Å². The minimum atomic E-state index is -3.67. The molecule has 0 aromatic carbocycles. The van der Waals surface area contributed by atoms with E-state index >= 15 is 0 Å². The molecule has 5 saturated carbocycles. The fourth-order valence-electron chi connectivity index (χ4n) is 13.2. The van der Waals surface area contributed by atoms with Gasteiger partial charge in [0.1, 0.15) is 0 Å². The second kappa shape index (κ2) is 19.0. The molecule has 0 bridgehead atoms. The smallest absolute Gasteiger partial charge is 0.397 e. The largest absolute Gasteiger partial charge is 0.493 e. The molecule has 11 aliphatic rings. The summed E-state index contributed by atoms with van der Waals surface area (Å²) >= 11 is 0. The Morgan fingerprint density at radius 1 is 0.444 bits per heavy atom. The van der Waals surface area contributed by atoms with Gasteiger partial charge in [-0.3, -0.25) is 0 Å². The van der Waals surface area contributed by atoms with Gasteiger partial charge in [-0.2, -0.15) is 0 Å². The third-order valence-corrected chi connectivity index (χ3v) is 36.9. The zero-order valence-corrected chi connectivity index (χ0v) is 43.8. The van der Waals surface area contributed by atoms with Crippen LogP contribution in [0.25, 0.3) is 0 Å². The number of fused-ring (bicyclic) bond motifs is 5. The zero-order chi connectivity index (χ0) is 42.8. The van der Waals surface area contributed by atoms with Crippen LogP contribution in [0.4, 0.5) is 0 Å². The summed E-state index contributed by atoms with van der Waals surface area (Å²) in [5, 5.41) is 0. The second-order valence-corrected chi connectivity index (χ2v) is 36.6. The molecule has 11 rings (SSSR count). The molecule has 11 fully saturated rings. The van der Waals surface area contributed by atoms with Crippen molar-refractivity contribution in [3.63, 3.8) is 0 Å². The molecule has 0 aromatic rings. The van der Waals surface area contributed by atoms with E-state index in [1.54, 1.807) is 21.3 Å². The van der Waals surface area contributed by atoms with Crippen molar-refractivity contribution in [1.82, 2.24) is 0 Å². The lowest BCUT2D eigenvalue weighted by Gasteiger charge is -2.49. The van der Waals surface area contributed by atoms with E-state index in [2.05, 4.69) is 0 Å². The van der Waals surface area contributed by atoms with E-state index in [-0.39, 0.29) is 0 Å². The first-order valence-electron chi connectivity index (χ1n) is 25.6. The van der Waals surface area contributed by atoms with Gasteiger partial charge in [0.15, 0.2) is 0 Å². The van der Waals surface area contributed by atoms with Crippen LogP contribution in [0.1, 0.15) is 128 Å². The minimum Gasteiger partial charge on any atom is -0.397 e. The Kier molecular flexibility index (Phi) is 13.9. The first-order chi connectivity index (χ1) is 30.7. The lowest BCUT2D eigenvalue weighted by atomic mass is 9.88. The highest BCUT2D eigenvalue weighted by molar-refractivity contribution is 6.89. The number of rotatable bonds is 23. The highest BCUT2D eigenvalue weighted by atomic mass is 28.6. The fraction of sp³-hybridized carbons (Fsp3) is 1.00. The number of ether oxygens (including phenoxy) is 5. The molecular weight excluding hydrogens is 893 g/mol. The molecule has 0 radical (unpaired) electrons. The molecular formula is C44H78O14Si5. The Hall–Kier alpha value is 0.524. The summed E-state index contributed by atoms with van der Waals surface area (Å²) < 4.78 is 94.5. The van der Waals surface area contributed by atoms with Crippen LogP contribution >= 0.6 is 0 Å². The molecule has 0 N–H and O–H groups in total. The van der Waals surface area contributed by atoms with Gasteiger partial charge in [-0.15, -0.1) is 0 Å². The van der Waals surface area contributed by atoms with Crippen molar-refractivity contribution in [1.29, 1.82) is 0 Å². The van der Waals surface area contributed by atoms with Crippen molar-refractivity contribution < 1.29 is 62.0 Å². The summed E-state index contributed by atoms with van der Waals surface area (Å²) in [4.78, 5) is 0. The first-order valence-corrected chi connectivity index (χ1v) is 35.1. The van der Waals surface area contributed by atoms with Crippen molar-refractivity contribution >= 4 is 44.5 Å². The van der Waals surface area contributed by atoms with Crippen molar-refractivity contribution in [2.75, 3.05) is 28.4 Å². The summed E-state index contributed by atoms with van der Waals surface area (Å²) in [5.74, 6) is 2.77. The van der Waals surface area contributed by atoms with E-state index < -0.39 is 44.5 Å². The van der Waals surface area contributed by atoms with Gasteiger partial charge in [0.2, 0.25) is 0 Å². The topological polar surface area (TPSA) is 146 Å². The van der Waals surface area contributed by atoms with Crippen molar-refractivity contribution in [2.24, 2.45) is 29.6 Å². The Morgan fingerprint density at radius 2 is 0.825 bits per heavy atom. The zero-order valence-electron chi connectivity index (χ0n) is 38.6.